The number of thiazole rings is 1. The molecule has 2 N–H and O–H groups in total. The fraction of sp³-hybridized carbons (Fsp3) is 0.0625. The van der Waals surface area contributed by atoms with Crippen molar-refractivity contribution in [3.63, 3.8) is 0 Å². The number of nitrogens with two attached hydrogens (primary N) is 1. The van der Waals surface area contributed by atoms with Crippen LogP contribution in [-0.4, -0.2) is 4.98 Å². The quantitative estimate of drug-likeness (QED) is 0.787. The summed E-state index contributed by atoms with van der Waals surface area (Å²) in [5.41, 5.74) is 8.14. The van der Waals surface area contributed by atoms with Crippen molar-refractivity contribution in [3.8, 4) is 21.8 Å². The summed E-state index contributed by atoms with van der Waals surface area (Å²) >= 11 is 1.39. The normalized spacial score (nSPS) is 10.8. The van der Waals surface area contributed by atoms with Crippen LogP contribution in [-0.2, 0) is 6.54 Å². The van der Waals surface area contributed by atoms with Gasteiger partial charge in [-0.1, -0.05) is 30.3 Å². The summed E-state index contributed by atoms with van der Waals surface area (Å²) in [6, 6.07) is 11.8. The van der Waals surface area contributed by atoms with Crippen molar-refractivity contribution in [2.24, 2.45) is 5.73 Å². The summed E-state index contributed by atoms with van der Waals surface area (Å²) in [6.45, 7) is 0.484. The van der Waals surface area contributed by atoms with E-state index in [-0.39, 0.29) is 5.56 Å². The first-order valence-corrected chi connectivity index (χ1v) is 7.26. The molecule has 0 saturated heterocycles. The molecule has 2 nitrogen and oxygen atoms in total. The lowest BCUT2D eigenvalue weighted by Gasteiger charge is -2.00. The molecular formula is C16H12F2N2S. The van der Waals surface area contributed by atoms with Crippen molar-refractivity contribution in [1.82, 2.24) is 4.98 Å². The second kappa shape index (κ2) is 5.71. The number of hydrogen-bond acceptors (Lipinski definition) is 3. The van der Waals surface area contributed by atoms with E-state index < -0.39 is 11.6 Å². The second-order valence-electron chi connectivity index (χ2n) is 4.54. The molecule has 21 heavy (non-hydrogen) atoms. The molecule has 0 unspecified atom stereocenters. The summed E-state index contributed by atoms with van der Waals surface area (Å²) in [5.74, 6) is -1.73. The van der Waals surface area contributed by atoms with Gasteiger partial charge in [0.25, 0.3) is 0 Å². The first-order valence-electron chi connectivity index (χ1n) is 6.38. The average molecular weight is 302 g/mol. The number of nitrogens with zero attached hydrogens (tertiary/aromatic N) is 1. The molecule has 0 aliphatic rings. The van der Waals surface area contributed by atoms with E-state index in [2.05, 4.69) is 4.98 Å². The largest absolute Gasteiger partial charge is 0.326 e. The van der Waals surface area contributed by atoms with Crippen molar-refractivity contribution in [1.29, 1.82) is 0 Å². The summed E-state index contributed by atoms with van der Waals surface area (Å²) < 4.78 is 27.0. The van der Waals surface area contributed by atoms with Crippen LogP contribution in [0.1, 0.15) is 5.56 Å². The Morgan fingerprint density at radius 2 is 1.81 bits per heavy atom. The lowest BCUT2D eigenvalue weighted by molar-refractivity contribution is 0.511. The minimum atomic E-state index is -0.868. The molecule has 1 aromatic heterocycles. The number of halogens is 2. The van der Waals surface area contributed by atoms with Gasteiger partial charge in [-0.2, -0.15) is 0 Å². The summed E-state index contributed by atoms with van der Waals surface area (Å²) in [4.78, 5) is 4.39. The molecule has 0 aliphatic heterocycles. The number of benzene rings is 2. The summed E-state index contributed by atoms with van der Waals surface area (Å²) in [6.07, 6.45) is 0. The van der Waals surface area contributed by atoms with Gasteiger partial charge in [0.2, 0.25) is 0 Å². The highest BCUT2D eigenvalue weighted by Crippen LogP contribution is 2.30. The third-order valence-electron chi connectivity index (χ3n) is 3.17. The van der Waals surface area contributed by atoms with Crippen LogP contribution in [0.25, 0.3) is 21.8 Å². The zero-order valence-electron chi connectivity index (χ0n) is 11.0. The van der Waals surface area contributed by atoms with Gasteiger partial charge in [0, 0.05) is 23.1 Å². The minimum Gasteiger partial charge on any atom is -0.326 e. The van der Waals surface area contributed by atoms with E-state index in [1.807, 2.05) is 24.3 Å². The molecule has 106 valence electrons. The Kier molecular flexibility index (Phi) is 3.77. The van der Waals surface area contributed by atoms with Crippen LogP contribution in [0.2, 0.25) is 0 Å². The maximum absolute atomic E-state index is 13.8. The molecule has 0 saturated carbocycles. The smallest absolute Gasteiger partial charge is 0.168 e. The Morgan fingerprint density at radius 1 is 1.05 bits per heavy atom. The zero-order valence-corrected chi connectivity index (χ0v) is 11.8. The standard InChI is InChI=1S/C16H12F2N2S/c17-13-3-1-2-12(15(13)18)14-9-21-16(20-14)11-6-4-10(8-19)5-7-11/h1-7,9H,8,19H2. The van der Waals surface area contributed by atoms with Crippen molar-refractivity contribution in [3.05, 3.63) is 65.0 Å². The Balaban J connectivity index is 1.97. The first kappa shape index (κ1) is 13.9. The minimum absolute atomic E-state index is 0.177. The van der Waals surface area contributed by atoms with Crippen molar-refractivity contribution in [2.45, 2.75) is 6.54 Å². The summed E-state index contributed by atoms with van der Waals surface area (Å²) in [5, 5.41) is 2.49. The molecule has 2 aromatic carbocycles. The number of aromatic nitrogens is 1. The molecule has 1 heterocycles. The maximum atomic E-state index is 13.8. The zero-order chi connectivity index (χ0) is 14.8. The SMILES string of the molecule is NCc1ccc(-c2nc(-c3cccc(F)c3F)cs2)cc1. The topological polar surface area (TPSA) is 38.9 Å². The molecular weight excluding hydrogens is 290 g/mol. The van der Waals surface area contributed by atoms with E-state index in [1.165, 1.54) is 23.5 Å². The van der Waals surface area contributed by atoms with E-state index in [9.17, 15) is 8.78 Å². The van der Waals surface area contributed by atoms with Crippen molar-refractivity contribution < 1.29 is 8.78 Å². The highest BCUT2D eigenvalue weighted by molar-refractivity contribution is 7.13. The lowest BCUT2D eigenvalue weighted by Crippen LogP contribution is -1.95. The van der Waals surface area contributed by atoms with Gasteiger partial charge < -0.3 is 5.73 Å². The van der Waals surface area contributed by atoms with Gasteiger partial charge >= 0.3 is 0 Å². The van der Waals surface area contributed by atoms with Crippen LogP contribution in [0.15, 0.2) is 47.8 Å². The van der Waals surface area contributed by atoms with Gasteiger partial charge in [-0.3, -0.25) is 0 Å². The molecule has 0 fully saturated rings. The van der Waals surface area contributed by atoms with E-state index in [4.69, 9.17) is 5.73 Å². The molecule has 3 aromatic rings. The van der Waals surface area contributed by atoms with E-state index in [0.717, 1.165) is 22.2 Å². The summed E-state index contributed by atoms with van der Waals surface area (Å²) in [7, 11) is 0. The van der Waals surface area contributed by atoms with Crippen LogP contribution in [0.4, 0.5) is 8.78 Å². The molecule has 0 radical (unpaired) electrons. The predicted molar refractivity (Wildman–Crippen MR) is 80.8 cm³/mol. The first-order chi connectivity index (χ1) is 10.2. The van der Waals surface area contributed by atoms with Crippen LogP contribution >= 0.6 is 11.3 Å². The van der Waals surface area contributed by atoms with Gasteiger partial charge in [-0.05, 0) is 17.7 Å². The predicted octanol–water partition coefficient (Wildman–Crippen LogP) is 4.21. The van der Waals surface area contributed by atoms with Gasteiger partial charge in [-0.25, -0.2) is 13.8 Å². The fourth-order valence-electron chi connectivity index (χ4n) is 2.02. The van der Waals surface area contributed by atoms with E-state index in [1.54, 1.807) is 5.38 Å². The van der Waals surface area contributed by atoms with Gasteiger partial charge in [-0.15, -0.1) is 11.3 Å². The molecule has 0 atom stereocenters. The highest BCUT2D eigenvalue weighted by Gasteiger charge is 2.13. The third kappa shape index (κ3) is 2.70. The van der Waals surface area contributed by atoms with Crippen LogP contribution in [0.5, 0.6) is 0 Å². The van der Waals surface area contributed by atoms with Crippen molar-refractivity contribution in [2.75, 3.05) is 0 Å². The fourth-order valence-corrected chi connectivity index (χ4v) is 2.84. The van der Waals surface area contributed by atoms with Gasteiger partial charge in [0.15, 0.2) is 11.6 Å². The molecule has 0 amide bonds. The van der Waals surface area contributed by atoms with Crippen LogP contribution in [0, 0.1) is 11.6 Å². The Hall–Kier alpha value is -2.11. The average Bonchev–Trinajstić information content (AvgIpc) is 3.00. The monoisotopic (exact) mass is 302 g/mol. The van der Waals surface area contributed by atoms with Crippen LogP contribution < -0.4 is 5.73 Å². The molecule has 5 heteroatoms. The van der Waals surface area contributed by atoms with Crippen LogP contribution in [0.3, 0.4) is 0 Å². The Bertz CT molecular complexity index is 766. The molecule has 0 spiro atoms. The maximum Gasteiger partial charge on any atom is 0.168 e. The van der Waals surface area contributed by atoms with E-state index >= 15 is 0 Å². The molecule has 0 bridgehead atoms. The Morgan fingerprint density at radius 3 is 2.52 bits per heavy atom. The molecule has 0 aliphatic carbocycles. The number of hydrogen-bond donors (Lipinski definition) is 1. The lowest BCUT2D eigenvalue weighted by atomic mass is 10.1. The number of rotatable bonds is 3. The third-order valence-corrected chi connectivity index (χ3v) is 4.06. The second-order valence-corrected chi connectivity index (χ2v) is 5.40. The Labute approximate surface area is 124 Å². The molecule has 3 rings (SSSR count). The highest BCUT2D eigenvalue weighted by atomic mass is 32.1. The van der Waals surface area contributed by atoms with Gasteiger partial charge in [0.1, 0.15) is 5.01 Å². The van der Waals surface area contributed by atoms with E-state index in [0.29, 0.717) is 12.2 Å². The van der Waals surface area contributed by atoms with Crippen molar-refractivity contribution >= 4 is 11.3 Å². The van der Waals surface area contributed by atoms with Gasteiger partial charge in [0.05, 0.1) is 5.69 Å².